The molecule has 1 saturated heterocycles. The molecule has 4 heterocycles. The highest BCUT2D eigenvalue weighted by Crippen LogP contribution is 2.29. The van der Waals surface area contributed by atoms with Gasteiger partial charge >= 0.3 is 0 Å². The Labute approximate surface area is 187 Å². The van der Waals surface area contributed by atoms with Crippen molar-refractivity contribution in [2.45, 2.75) is 63.8 Å². The fourth-order valence-corrected chi connectivity index (χ4v) is 6.24. The highest BCUT2D eigenvalue weighted by Gasteiger charge is 2.29. The van der Waals surface area contributed by atoms with Crippen LogP contribution >= 0.6 is 11.3 Å². The van der Waals surface area contributed by atoms with Crippen LogP contribution in [0.1, 0.15) is 77.6 Å². The van der Waals surface area contributed by atoms with Crippen LogP contribution in [-0.2, 0) is 13.0 Å². The fourth-order valence-electron chi connectivity index (χ4n) is 5.55. The van der Waals surface area contributed by atoms with Crippen LogP contribution in [0.25, 0.3) is 0 Å². The molecule has 7 heteroatoms. The Bertz CT molecular complexity index is 964. The minimum atomic E-state index is -0.0620. The van der Waals surface area contributed by atoms with Gasteiger partial charge in [0.05, 0.1) is 22.7 Å². The van der Waals surface area contributed by atoms with Crippen LogP contribution in [0.3, 0.4) is 0 Å². The van der Waals surface area contributed by atoms with Crippen molar-refractivity contribution in [3.8, 4) is 0 Å². The van der Waals surface area contributed by atoms with Gasteiger partial charge in [-0.2, -0.15) is 0 Å². The third-order valence-electron chi connectivity index (χ3n) is 7.24. The number of hydrogen-bond donors (Lipinski definition) is 1. The number of nitrogens with zero attached hydrogens (tertiary/aromatic N) is 3. The van der Waals surface area contributed by atoms with Crippen LogP contribution in [0.15, 0.2) is 22.3 Å². The summed E-state index contributed by atoms with van der Waals surface area (Å²) >= 11 is 1.45. The van der Waals surface area contributed by atoms with E-state index in [9.17, 15) is 9.59 Å². The molecule has 1 atom stereocenters. The largest absolute Gasteiger partial charge is 0.333 e. The van der Waals surface area contributed by atoms with E-state index in [1.54, 1.807) is 4.90 Å². The first kappa shape index (κ1) is 20.9. The molecule has 0 bridgehead atoms. The van der Waals surface area contributed by atoms with Crippen LogP contribution in [0.2, 0.25) is 0 Å². The van der Waals surface area contributed by atoms with Crippen LogP contribution in [0.4, 0.5) is 0 Å². The molecule has 2 aromatic rings. The number of H-pyrrole nitrogens is 1. The van der Waals surface area contributed by atoms with Crippen molar-refractivity contribution in [2.24, 2.45) is 5.92 Å². The zero-order valence-corrected chi connectivity index (χ0v) is 19.0. The predicted molar refractivity (Wildman–Crippen MR) is 123 cm³/mol. The van der Waals surface area contributed by atoms with Gasteiger partial charge in [0, 0.05) is 32.0 Å². The third-order valence-corrected chi connectivity index (χ3v) is 8.10. The quantitative estimate of drug-likeness (QED) is 0.785. The molecule has 166 valence electrons. The van der Waals surface area contributed by atoms with E-state index < -0.39 is 0 Å². The van der Waals surface area contributed by atoms with Gasteiger partial charge in [-0.15, -0.1) is 11.3 Å². The molecule has 2 fully saturated rings. The molecular formula is C24H32N4O2S. The van der Waals surface area contributed by atoms with E-state index in [1.807, 2.05) is 17.5 Å². The Kier molecular flexibility index (Phi) is 6.23. The minimum Gasteiger partial charge on any atom is -0.333 e. The van der Waals surface area contributed by atoms with E-state index in [0.29, 0.717) is 31.0 Å². The average Bonchev–Trinajstić information content (AvgIpc) is 3.34. The van der Waals surface area contributed by atoms with Crippen molar-refractivity contribution in [1.82, 2.24) is 19.8 Å². The number of carbonyl (C=O) groups excluding carboxylic acids is 1. The minimum absolute atomic E-state index is 0.00904. The SMILES string of the molecule is O=C(c1cccs1)N1CCc2nc(C3CCCN(CC4CCCCC4)C3)[nH]c(=O)c2C1. The second-order valence-electron chi connectivity index (χ2n) is 9.43. The summed E-state index contributed by atoms with van der Waals surface area (Å²) in [4.78, 5) is 38.7. The second-order valence-corrected chi connectivity index (χ2v) is 10.4. The Balaban J connectivity index is 1.28. The predicted octanol–water partition coefficient (Wildman–Crippen LogP) is 3.79. The standard InChI is InChI=1S/C24H32N4O2S/c29-23-19-16-28(24(30)21-9-5-13-31-21)12-10-20(19)25-22(26-23)18-8-4-11-27(15-18)14-17-6-2-1-3-7-17/h5,9,13,17-18H,1-4,6-8,10-12,14-16H2,(H,25,26,29). The zero-order chi connectivity index (χ0) is 21.2. The summed E-state index contributed by atoms with van der Waals surface area (Å²) in [6.45, 7) is 4.35. The maximum atomic E-state index is 12.9. The number of thiophene rings is 1. The number of piperidine rings is 1. The monoisotopic (exact) mass is 440 g/mol. The van der Waals surface area contributed by atoms with E-state index in [0.717, 1.165) is 35.3 Å². The molecule has 0 aromatic carbocycles. The zero-order valence-electron chi connectivity index (χ0n) is 18.1. The van der Waals surface area contributed by atoms with Gasteiger partial charge < -0.3 is 14.8 Å². The van der Waals surface area contributed by atoms with E-state index in [-0.39, 0.29) is 11.5 Å². The topological polar surface area (TPSA) is 69.3 Å². The fraction of sp³-hybridized carbons (Fsp3) is 0.625. The molecule has 2 aliphatic heterocycles. The van der Waals surface area contributed by atoms with E-state index in [2.05, 4.69) is 9.88 Å². The number of likely N-dealkylation sites (tertiary alicyclic amines) is 1. The van der Waals surface area contributed by atoms with Gasteiger partial charge in [-0.25, -0.2) is 4.98 Å². The summed E-state index contributed by atoms with van der Waals surface area (Å²) < 4.78 is 0. The lowest BCUT2D eigenvalue weighted by molar-refractivity contribution is 0.0737. The lowest BCUT2D eigenvalue weighted by Gasteiger charge is -2.36. The van der Waals surface area contributed by atoms with Crippen LogP contribution in [0, 0.1) is 5.92 Å². The third kappa shape index (κ3) is 4.62. The summed E-state index contributed by atoms with van der Waals surface area (Å²) in [6, 6.07) is 3.73. The number of aromatic nitrogens is 2. The average molecular weight is 441 g/mol. The van der Waals surface area contributed by atoms with E-state index >= 15 is 0 Å². The van der Waals surface area contributed by atoms with Crippen LogP contribution in [-0.4, -0.2) is 51.9 Å². The molecular weight excluding hydrogens is 408 g/mol. The number of amides is 1. The van der Waals surface area contributed by atoms with Crippen LogP contribution < -0.4 is 5.56 Å². The van der Waals surface area contributed by atoms with Gasteiger partial charge in [0.25, 0.3) is 11.5 Å². The van der Waals surface area contributed by atoms with Crippen molar-refractivity contribution in [3.63, 3.8) is 0 Å². The van der Waals surface area contributed by atoms with Crippen molar-refractivity contribution in [3.05, 3.63) is 49.8 Å². The molecule has 1 N–H and O–H groups in total. The molecule has 1 aliphatic carbocycles. The number of nitrogens with one attached hydrogen (secondary N) is 1. The summed E-state index contributed by atoms with van der Waals surface area (Å²) in [6.07, 6.45) is 9.82. The molecule has 3 aliphatic rings. The highest BCUT2D eigenvalue weighted by molar-refractivity contribution is 7.12. The first-order valence-corrected chi connectivity index (χ1v) is 12.7. The maximum Gasteiger partial charge on any atom is 0.264 e. The Morgan fingerprint density at radius 1 is 1.16 bits per heavy atom. The Hall–Kier alpha value is -1.99. The van der Waals surface area contributed by atoms with Crippen molar-refractivity contribution in [1.29, 1.82) is 0 Å². The van der Waals surface area contributed by atoms with Crippen molar-refractivity contribution >= 4 is 17.2 Å². The molecule has 0 radical (unpaired) electrons. The molecule has 2 aromatic heterocycles. The van der Waals surface area contributed by atoms with Crippen molar-refractivity contribution < 1.29 is 4.79 Å². The summed E-state index contributed by atoms with van der Waals surface area (Å²) in [5.74, 6) is 2.01. The maximum absolute atomic E-state index is 12.9. The first-order valence-electron chi connectivity index (χ1n) is 11.8. The molecule has 5 rings (SSSR count). The number of carbonyl (C=O) groups is 1. The molecule has 0 spiro atoms. The van der Waals surface area contributed by atoms with E-state index in [4.69, 9.17) is 4.98 Å². The molecule has 31 heavy (non-hydrogen) atoms. The first-order chi connectivity index (χ1) is 15.2. The summed E-state index contributed by atoms with van der Waals surface area (Å²) in [5.41, 5.74) is 1.49. The van der Waals surface area contributed by atoms with E-state index in [1.165, 1.54) is 63.0 Å². The highest BCUT2D eigenvalue weighted by atomic mass is 32.1. The smallest absolute Gasteiger partial charge is 0.264 e. The van der Waals surface area contributed by atoms with Crippen molar-refractivity contribution in [2.75, 3.05) is 26.2 Å². The molecule has 1 saturated carbocycles. The lowest BCUT2D eigenvalue weighted by atomic mass is 9.87. The number of fused-ring (bicyclic) bond motifs is 1. The van der Waals surface area contributed by atoms with Gasteiger partial charge in [0.2, 0.25) is 0 Å². The molecule has 1 unspecified atom stereocenters. The molecule has 1 amide bonds. The lowest BCUT2D eigenvalue weighted by Crippen LogP contribution is -2.41. The second kappa shape index (κ2) is 9.25. The Morgan fingerprint density at radius 2 is 2.03 bits per heavy atom. The normalized spacial score (nSPS) is 23.0. The number of hydrogen-bond acceptors (Lipinski definition) is 5. The summed E-state index contributed by atoms with van der Waals surface area (Å²) in [5, 5.41) is 1.91. The molecule has 6 nitrogen and oxygen atoms in total. The van der Waals surface area contributed by atoms with Gasteiger partial charge in [-0.05, 0) is 49.6 Å². The van der Waals surface area contributed by atoms with Gasteiger partial charge in [0.15, 0.2) is 0 Å². The van der Waals surface area contributed by atoms with Gasteiger partial charge in [-0.3, -0.25) is 9.59 Å². The number of aromatic amines is 1. The summed E-state index contributed by atoms with van der Waals surface area (Å²) in [7, 11) is 0. The number of rotatable bonds is 4. The Morgan fingerprint density at radius 3 is 2.84 bits per heavy atom. The van der Waals surface area contributed by atoms with Crippen LogP contribution in [0.5, 0.6) is 0 Å². The van der Waals surface area contributed by atoms with Gasteiger partial charge in [0.1, 0.15) is 5.82 Å². The van der Waals surface area contributed by atoms with Gasteiger partial charge in [-0.1, -0.05) is 25.3 Å².